The maximum atomic E-state index is 14.2. The highest BCUT2D eigenvalue weighted by molar-refractivity contribution is 7.92. The van der Waals surface area contributed by atoms with Crippen LogP contribution in [0.2, 0.25) is 0 Å². The number of hydrogen-bond donors (Lipinski definition) is 3. The lowest BCUT2D eigenvalue weighted by atomic mass is 10.1. The van der Waals surface area contributed by atoms with E-state index >= 15 is 0 Å². The Morgan fingerprint density at radius 1 is 1.12 bits per heavy atom. The predicted molar refractivity (Wildman–Crippen MR) is 120 cm³/mol. The fraction of sp³-hybridized carbons (Fsp3) is 0.318. The summed E-state index contributed by atoms with van der Waals surface area (Å²) >= 11 is 0. The van der Waals surface area contributed by atoms with Gasteiger partial charge in [-0.2, -0.15) is 0 Å². The van der Waals surface area contributed by atoms with Gasteiger partial charge in [-0.15, -0.1) is 0 Å². The number of halogens is 3. The van der Waals surface area contributed by atoms with Gasteiger partial charge in [0.05, 0.1) is 12.3 Å². The van der Waals surface area contributed by atoms with Crippen molar-refractivity contribution in [1.29, 1.82) is 0 Å². The normalized spacial score (nSPS) is 12.6. The number of anilines is 2. The van der Waals surface area contributed by atoms with Crippen LogP contribution in [0.15, 0.2) is 36.4 Å². The van der Waals surface area contributed by atoms with Gasteiger partial charge >= 0.3 is 0 Å². The van der Waals surface area contributed by atoms with E-state index in [1.54, 1.807) is 4.72 Å². The zero-order valence-corrected chi connectivity index (χ0v) is 18.8. The molecule has 0 spiro atoms. The molecule has 0 saturated carbocycles. The average molecular weight is 470 g/mol. The number of rotatable bonds is 10. The summed E-state index contributed by atoms with van der Waals surface area (Å²) in [6.45, 7) is 4.22. The molecule has 0 aromatic heterocycles. The van der Waals surface area contributed by atoms with Crippen molar-refractivity contribution in [3.05, 3.63) is 65.0 Å². The molecule has 2 aromatic rings. The molecule has 10 heteroatoms. The third-order valence-corrected chi connectivity index (χ3v) is 5.06. The molecule has 0 saturated heterocycles. The molecule has 0 unspecified atom stereocenters. The average Bonchev–Trinajstić information content (AvgIpc) is 2.69. The molecule has 2 rings (SSSR count). The topological polar surface area (TPSA) is 87.3 Å². The Labute approximate surface area is 186 Å². The molecular formula is C22H26F3N3O3S. The van der Waals surface area contributed by atoms with Crippen LogP contribution in [0.25, 0.3) is 6.08 Å². The molecule has 6 nitrogen and oxygen atoms in total. The third-order valence-electron chi connectivity index (χ3n) is 4.49. The quantitative estimate of drug-likeness (QED) is 0.351. The van der Waals surface area contributed by atoms with Crippen molar-refractivity contribution in [3.63, 3.8) is 0 Å². The number of carbonyl (C=O) groups is 1. The van der Waals surface area contributed by atoms with Crippen molar-refractivity contribution in [3.8, 4) is 0 Å². The lowest BCUT2D eigenvalue weighted by Gasteiger charge is -2.15. The second-order valence-corrected chi connectivity index (χ2v) is 9.06. The van der Waals surface area contributed by atoms with Gasteiger partial charge in [0, 0.05) is 18.3 Å². The van der Waals surface area contributed by atoms with Crippen LogP contribution in [0.3, 0.4) is 0 Å². The molecule has 0 aliphatic rings. The molecule has 174 valence electrons. The van der Waals surface area contributed by atoms with Crippen LogP contribution in [-0.4, -0.2) is 27.1 Å². The molecule has 0 aliphatic heterocycles. The van der Waals surface area contributed by atoms with Crippen LogP contribution in [-0.2, 0) is 14.8 Å². The van der Waals surface area contributed by atoms with E-state index in [4.69, 9.17) is 0 Å². The summed E-state index contributed by atoms with van der Waals surface area (Å²) in [5, 5.41) is 5.70. The first-order chi connectivity index (χ1) is 15.0. The standard InChI is InChI=1S/C22H26F3N3O3S/c1-4-5-10-26-20-13-17(23)8-6-15(20)7-9-21(29)27-14(2)16-11-18(24)22(19(25)12-16)28-32(3,30)31/h6-9,11-14,26,28H,4-5,10H2,1-3H3,(H,27,29)/b9-7+/t14-/m1/s1. The minimum Gasteiger partial charge on any atom is -0.384 e. The first-order valence-electron chi connectivity index (χ1n) is 9.99. The first kappa shape index (κ1) is 25.3. The monoisotopic (exact) mass is 469 g/mol. The maximum Gasteiger partial charge on any atom is 0.244 e. The Bertz CT molecular complexity index is 1080. The number of amides is 1. The second-order valence-electron chi connectivity index (χ2n) is 7.31. The van der Waals surface area contributed by atoms with Gasteiger partial charge in [0.25, 0.3) is 0 Å². The van der Waals surface area contributed by atoms with Crippen LogP contribution in [0.5, 0.6) is 0 Å². The second kappa shape index (κ2) is 11.0. The predicted octanol–water partition coefficient (Wildman–Crippen LogP) is 4.58. The van der Waals surface area contributed by atoms with E-state index in [1.807, 2.05) is 6.92 Å². The van der Waals surface area contributed by atoms with E-state index in [2.05, 4.69) is 10.6 Å². The van der Waals surface area contributed by atoms with Gasteiger partial charge in [0.1, 0.15) is 11.5 Å². The van der Waals surface area contributed by atoms with Crippen molar-refractivity contribution >= 4 is 33.4 Å². The van der Waals surface area contributed by atoms with E-state index in [9.17, 15) is 26.4 Å². The Hall–Kier alpha value is -3.01. The Balaban J connectivity index is 2.11. The third kappa shape index (κ3) is 7.60. The lowest BCUT2D eigenvalue weighted by molar-refractivity contribution is -0.117. The van der Waals surface area contributed by atoms with Crippen molar-refractivity contribution in [2.24, 2.45) is 0 Å². The highest BCUT2D eigenvalue weighted by Gasteiger charge is 2.18. The fourth-order valence-corrected chi connectivity index (χ4v) is 3.43. The van der Waals surface area contributed by atoms with Crippen molar-refractivity contribution < 1.29 is 26.4 Å². The zero-order chi connectivity index (χ0) is 23.9. The van der Waals surface area contributed by atoms with Gasteiger partial charge in [-0.05, 0) is 60.9 Å². The SMILES string of the molecule is CCCCNc1cc(F)ccc1/C=C/C(=O)N[C@H](C)c1cc(F)c(NS(C)(=O)=O)c(F)c1. The molecule has 0 radical (unpaired) electrons. The molecule has 0 heterocycles. The highest BCUT2D eigenvalue weighted by Crippen LogP contribution is 2.25. The van der Waals surface area contributed by atoms with E-state index in [1.165, 1.54) is 37.3 Å². The molecule has 0 fully saturated rings. The molecule has 3 N–H and O–H groups in total. The first-order valence-corrected chi connectivity index (χ1v) is 11.9. The van der Waals surface area contributed by atoms with Crippen LogP contribution in [0.1, 0.15) is 43.9 Å². The van der Waals surface area contributed by atoms with Crippen LogP contribution >= 0.6 is 0 Å². The van der Waals surface area contributed by atoms with Gasteiger partial charge < -0.3 is 10.6 Å². The lowest BCUT2D eigenvalue weighted by Crippen LogP contribution is -2.25. The van der Waals surface area contributed by atoms with Crippen molar-refractivity contribution in [1.82, 2.24) is 5.32 Å². The summed E-state index contributed by atoms with van der Waals surface area (Å²) in [6.07, 6.45) is 5.40. The maximum absolute atomic E-state index is 14.2. The number of benzene rings is 2. The summed E-state index contributed by atoms with van der Waals surface area (Å²) in [4.78, 5) is 12.3. The molecule has 0 bridgehead atoms. The zero-order valence-electron chi connectivity index (χ0n) is 18.0. The van der Waals surface area contributed by atoms with Gasteiger partial charge in [-0.1, -0.05) is 13.3 Å². The van der Waals surface area contributed by atoms with Gasteiger partial charge in [0.15, 0.2) is 11.6 Å². The molecule has 1 atom stereocenters. The van der Waals surface area contributed by atoms with Crippen LogP contribution in [0, 0.1) is 17.5 Å². The number of carbonyl (C=O) groups excluding carboxylic acids is 1. The van der Waals surface area contributed by atoms with Gasteiger partial charge in [-0.25, -0.2) is 21.6 Å². The summed E-state index contributed by atoms with van der Waals surface area (Å²) in [6, 6.07) is 5.28. The van der Waals surface area contributed by atoms with E-state index < -0.39 is 45.1 Å². The largest absolute Gasteiger partial charge is 0.384 e. The molecule has 32 heavy (non-hydrogen) atoms. The van der Waals surface area contributed by atoms with Crippen molar-refractivity contribution in [2.75, 3.05) is 22.8 Å². The Morgan fingerprint density at radius 2 is 1.78 bits per heavy atom. The highest BCUT2D eigenvalue weighted by atomic mass is 32.2. The van der Waals surface area contributed by atoms with Crippen molar-refractivity contribution in [2.45, 2.75) is 32.7 Å². The minimum absolute atomic E-state index is 0.115. The number of unbranched alkanes of at least 4 members (excludes halogenated alkanes) is 1. The smallest absolute Gasteiger partial charge is 0.244 e. The number of hydrogen-bond acceptors (Lipinski definition) is 4. The number of nitrogens with one attached hydrogen (secondary N) is 3. The van der Waals surface area contributed by atoms with Crippen LogP contribution < -0.4 is 15.4 Å². The summed E-state index contributed by atoms with van der Waals surface area (Å²) in [5.74, 6) is -3.13. The van der Waals surface area contributed by atoms with E-state index in [0.717, 1.165) is 31.2 Å². The fourth-order valence-electron chi connectivity index (χ4n) is 2.86. The summed E-state index contributed by atoms with van der Waals surface area (Å²) in [7, 11) is -3.86. The molecule has 0 aliphatic carbocycles. The van der Waals surface area contributed by atoms with Crippen LogP contribution in [0.4, 0.5) is 24.5 Å². The minimum atomic E-state index is -3.86. The Kier molecular flexibility index (Phi) is 8.71. The summed E-state index contributed by atoms with van der Waals surface area (Å²) < 4.78 is 66.2. The van der Waals surface area contributed by atoms with E-state index in [-0.39, 0.29) is 5.56 Å². The Morgan fingerprint density at radius 3 is 2.38 bits per heavy atom. The van der Waals surface area contributed by atoms with E-state index in [0.29, 0.717) is 17.8 Å². The van der Waals surface area contributed by atoms with Gasteiger partial charge in [-0.3, -0.25) is 9.52 Å². The molecule has 2 aromatic carbocycles. The van der Waals surface area contributed by atoms with Gasteiger partial charge in [0.2, 0.25) is 15.9 Å². The summed E-state index contributed by atoms with van der Waals surface area (Å²) in [5.41, 5.74) is 0.492. The molecule has 1 amide bonds. The number of sulfonamides is 1. The molecular weight excluding hydrogens is 443 g/mol.